The number of ether oxygens (including phenoxy) is 3. The van der Waals surface area contributed by atoms with Crippen LogP contribution in [-0.4, -0.2) is 81.5 Å². The van der Waals surface area contributed by atoms with Crippen LogP contribution in [-0.2, 0) is 11.4 Å². The van der Waals surface area contributed by atoms with Crippen LogP contribution in [0.2, 0.25) is 0 Å². The summed E-state index contributed by atoms with van der Waals surface area (Å²) in [7, 11) is 7.40. The number of hydrogen-bond acceptors (Lipinski definition) is 7. The van der Waals surface area contributed by atoms with Crippen LogP contribution in [0.15, 0.2) is 97.1 Å². The number of piperidine rings is 1. The number of nitrogens with zero attached hydrogens (tertiary/aromatic N) is 3. The molecule has 1 aliphatic rings. The number of carbonyl (C=O) groups excluding carboxylic acids is 3. The van der Waals surface area contributed by atoms with Gasteiger partial charge in [-0.2, -0.15) is 0 Å². The van der Waals surface area contributed by atoms with Crippen LogP contribution < -0.4 is 24.4 Å². The van der Waals surface area contributed by atoms with Crippen LogP contribution in [0.4, 0.5) is 11.4 Å². The van der Waals surface area contributed by atoms with Crippen molar-refractivity contribution in [1.82, 2.24) is 9.80 Å². The van der Waals surface area contributed by atoms with E-state index in [1.54, 1.807) is 48.3 Å². The first kappa shape index (κ1) is 37.9. The van der Waals surface area contributed by atoms with Crippen molar-refractivity contribution in [3.63, 3.8) is 0 Å². The highest BCUT2D eigenvalue weighted by molar-refractivity contribution is 6.09. The van der Waals surface area contributed by atoms with Gasteiger partial charge in [0.25, 0.3) is 11.8 Å². The molecule has 0 saturated carbocycles. The SMILES string of the molecule is COc1cc(C(=O)N(C)c2ccccc2OCCCCCC(=O)N2CCC(N(C)C)CC2)ccc1NC(=O)c1ccccc1OCc1ccccc1. The predicted octanol–water partition coefficient (Wildman–Crippen LogP) is 7.29. The Kier molecular flexibility index (Phi) is 13.7. The summed E-state index contributed by atoms with van der Waals surface area (Å²) < 4.78 is 17.7. The Morgan fingerprint density at radius 2 is 1.46 bits per heavy atom. The molecule has 0 bridgehead atoms. The number of rotatable bonds is 16. The first-order valence-corrected chi connectivity index (χ1v) is 17.9. The molecule has 1 aliphatic heterocycles. The molecule has 0 spiro atoms. The lowest BCUT2D eigenvalue weighted by atomic mass is 10.0. The van der Waals surface area contributed by atoms with E-state index in [4.69, 9.17) is 14.2 Å². The second-order valence-corrected chi connectivity index (χ2v) is 13.2. The predicted molar refractivity (Wildman–Crippen MR) is 205 cm³/mol. The summed E-state index contributed by atoms with van der Waals surface area (Å²) in [6.07, 6.45) is 5.12. The number of likely N-dealkylation sites (tertiary alicyclic amines) is 1. The highest BCUT2D eigenvalue weighted by atomic mass is 16.5. The standard InChI is InChI=1S/C42H50N4O6/c1-44(2)33-24-26-46(27-25-33)40(47)21-9-6-14-28-51-38-20-13-11-18-36(38)45(3)42(49)32-22-23-35(39(29-32)50-4)43-41(48)34-17-10-12-19-37(34)52-30-31-15-7-5-8-16-31/h5,7-8,10-13,15-20,22-23,29,33H,6,9,14,21,24-28,30H2,1-4H3,(H,43,48). The Bertz CT molecular complexity index is 1790. The summed E-state index contributed by atoms with van der Waals surface area (Å²) in [6, 6.07) is 29.7. The number of unbranched alkanes of at least 4 members (excludes halogenated alkanes) is 2. The first-order valence-electron chi connectivity index (χ1n) is 17.9. The average Bonchev–Trinajstić information content (AvgIpc) is 3.18. The molecule has 0 atom stereocenters. The van der Waals surface area contributed by atoms with Gasteiger partial charge in [-0.05, 0) is 94.2 Å². The summed E-state index contributed by atoms with van der Waals surface area (Å²) in [5.74, 6) is 1.01. The Morgan fingerprint density at radius 1 is 0.769 bits per heavy atom. The number of carbonyl (C=O) groups is 3. The lowest BCUT2D eigenvalue weighted by molar-refractivity contribution is -0.132. The van der Waals surface area contributed by atoms with Gasteiger partial charge in [-0.1, -0.05) is 54.6 Å². The van der Waals surface area contributed by atoms with E-state index in [2.05, 4.69) is 24.3 Å². The van der Waals surface area contributed by atoms with E-state index in [1.807, 2.05) is 65.6 Å². The molecule has 52 heavy (non-hydrogen) atoms. The van der Waals surface area contributed by atoms with Gasteiger partial charge < -0.3 is 34.2 Å². The third-order valence-electron chi connectivity index (χ3n) is 9.44. The van der Waals surface area contributed by atoms with Gasteiger partial charge in [0.2, 0.25) is 5.91 Å². The number of methoxy groups -OCH3 is 1. The van der Waals surface area contributed by atoms with E-state index in [9.17, 15) is 14.4 Å². The second-order valence-electron chi connectivity index (χ2n) is 13.2. The quantitative estimate of drug-likeness (QED) is 0.122. The summed E-state index contributed by atoms with van der Waals surface area (Å²) in [6.45, 7) is 2.47. The van der Waals surface area contributed by atoms with Gasteiger partial charge in [0, 0.05) is 38.2 Å². The van der Waals surface area contributed by atoms with E-state index in [-0.39, 0.29) is 17.7 Å². The van der Waals surface area contributed by atoms with Crippen molar-refractivity contribution in [3.8, 4) is 17.2 Å². The third kappa shape index (κ3) is 10.1. The van der Waals surface area contributed by atoms with E-state index >= 15 is 0 Å². The van der Waals surface area contributed by atoms with Crippen LogP contribution >= 0.6 is 0 Å². The number of benzene rings is 4. The van der Waals surface area contributed by atoms with Gasteiger partial charge in [-0.15, -0.1) is 0 Å². The molecule has 1 N–H and O–H groups in total. The molecule has 0 aromatic heterocycles. The maximum Gasteiger partial charge on any atom is 0.259 e. The van der Waals surface area contributed by atoms with E-state index in [1.165, 1.54) is 7.11 Å². The zero-order chi connectivity index (χ0) is 36.9. The summed E-state index contributed by atoms with van der Waals surface area (Å²) in [4.78, 5) is 45.5. The monoisotopic (exact) mass is 706 g/mol. The fourth-order valence-electron chi connectivity index (χ4n) is 6.32. The van der Waals surface area contributed by atoms with E-state index in [0.29, 0.717) is 65.4 Å². The molecule has 10 heteroatoms. The minimum atomic E-state index is -0.365. The van der Waals surface area contributed by atoms with Crippen LogP contribution in [0.25, 0.3) is 0 Å². The number of anilines is 2. The molecular formula is C42H50N4O6. The maximum atomic E-state index is 13.7. The largest absolute Gasteiger partial charge is 0.495 e. The molecule has 1 fully saturated rings. The topological polar surface area (TPSA) is 101 Å². The van der Waals surface area contributed by atoms with Crippen molar-refractivity contribution < 1.29 is 28.6 Å². The van der Waals surface area contributed by atoms with Crippen LogP contribution in [0.3, 0.4) is 0 Å². The Morgan fingerprint density at radius 3 is 2.19 bits per heavy atom. The minimum Gasteiger partial charge on any atom is -0.495 e. The fourth-order valence-corrected chi connectivity index (χ4v) is 6.32. The lowest BCUT2D eigenvalue weighted by Gasteiger charge is -2.35. The van der Waals surface area contributed by atoms with Gasteiger partial charge in [-0.3, -0.25) is 14.4 Å². The van der Waals surface area contributed by atoms with Gasteiger partial charge in [0.05, 0.1) is 30.7 Å². The molecule has 0 unspecified atom stereocenters. The zero-order valence-corrected chi connectivity index (χ0v) is 30.7. The summed E-state index contributed by atoms with van der Waals surface area (Å²) in [5.41, 5.74) is 2.80. The van der Waals surface area contributed by atoms with Crippen molar-refractivity contribution in [2.75, 3.05) is 58.2 Å². The molecular weight excluding hydrogens is 656 g/mol. The highest BCUT2D eigenvalue weighted by Crippen LogP contribution is 2.32. The zero-order valence-electron chi connectivity index (χ0n) is 30.7. The normalized spacial score (nSPS) is 13.1. The van der Waals surface area contributed by atoms with E-state index in [0.717, 1.165) is 50.8 Å². The van der Waals surface area contributed by atoms with Crippen molar-refractivity contribution in [2.45, 2.75) is 51.2 Å². The van der Waals surface area contributed by atoms with Gasteiger partial charge >= 0.3 is 0 Å². The number of hydrogen-bond donors (Lipinski definition) is 1. The van der Waals surface area contributed by atoms with Crippen molar-refractivity contribution in [2.24, 2.45) is 0 Å². The van der Waals surface area contributed by atoms with Crippen LogP contribution in [0, 0.1) is 0 Å². The lowest BCUT2D eigenvalue weighted by Crippen LogP contribution is -2.44. The van der Waals surface area contributed by atoms with Crippen molar-refractivity contribution >= 4 is 29.1 Å². The number of nitrogens with one attached hydrogen (secondary N) is 1. The Hall–Kier alpha value is -5.35. The summed E-state index contributed by atoms with van der Waals surface area (Å²) in [5, 5.41) is 2.91. The van der Waals surface area contributed by atoms with Crippen LogP contribution in [0.1, 0.15) is 64.8 Å². The minimum absolute atomic E-state index is 0.241. The molecule has 0 radical (unpaired) electrons. The Balaban J connectivity index is 1.13. The fraction of sp³-hybridized carbons (Fsp3) is 0.357. The first-order chi connectivity index (χ1) is 25.2. The molecule has 4 aromatic carbocycles. The highest BCUT2D eigenvalue weighted by Gasteiger charge is 2.24. The molecule has 1 saturated heterocycles. The average molecular weight is 707 g/mol. The molecule has 10 nitrogen and oxygen atoms in total. The molecule has 0 aliphatic carbocycles. The number of amides is 3. The van der Waals surface area contributed by atoms with Crippen molar-refractivity contribution in [1.29, 1.82) is 0 Å². The van der Waals surface area contributed by atoms with E-state index < -0.39 is 0 Å². The number of para-hydroxylation sites is 3. The molecule has 274 valence electrons. The van der Waals surface area contributed by atoms with Crippen LogP contribution in [0.5, 0.6) is 17.2 Å². The summed E-state index contributed by atoms with van der Waals surface area (Å²) >= 11 is 0. The smallest absolute Gasteiger partial charge is 0.259 e. The molecule has 1 heterocycles. The van der Waals surface area contributed by atoms with Gasteiger partial charge in [0.15, 0.2) is 0 Å². The molecule has 3 amide bonds. The van der Waals surface area contributed by atoms with Gasteiger partial charge in [-0.25, -0.2) is 0 Å². The third-order valence-corrected chi connectivity index (χ3v) is 9.44. The van der Waals surface area contributed by atoms with Crippen molar-refractivity contribution in [3.05, 3.63) is 114 Å². The van der Waals surface area contributed by atoms with Gasteiger partial charge in [0.1, 0.15) is 23.9 Å². The maximum absolute atomic E-state index is 13.7. The molecule has 4 aromatic rings. The Labute approximate surface area is 307 Å². The second kappa shape index (κ2) is 18.8. The molecule has 5 rings (SSSR count).